The van der Waals surface area contributed by atoms with Gasteiger partial charge in [0, 0.05) is 12.0 Å². The second-order valence-corrected chi connectivity index (χ2v) is 5.42. The van der Waals surface area contributed by atoms with E-state index in [9.17, 15) is 18.0 Å². The Morgan fingerprint density at radius 3 is 2.14 bits per heavy atom. The van der Waals surface area contributed by atoms with Gasteiger partial charge in [0.25, 0.3) is 0 Å². The number of alkyl halides is 3. The highest BCUT2D eigenvalue weighted by Gasteiger charge is 2.30. The lowest BCUT2D eigenvalue weighted by atomic mass is 9.99. The predicted molar refractivity (Wildman–Crippen MR) is 80.0 cm³/mol. The maximum absolute atomic E-state index is 12.5. The van der Waals surface area contributed by atoms with Gasteiger partial charge in [0.1, 0.15) is 0 Å². The molecule has 0 saturated heterocycles. The summed E-state index contributed by atoms with van der Waals surface area (Å²) < 4.78 is 37.4. The number of carbonyl (C=O) groups is 1. The molecule has 0 fully saturated rings. The Morgan fingerprint density at radius 1 is 0.955 bits per heavy atom. The molecule has 0 unspecified atom stereocenters. The van der Waals surface area contributed by atoms with E-state index in [4.69, 9.17) is 0 Å². The van der Waals surface area contributed by atoms with E-state index in [0.29, 0.717) is 12.0 Å². The van der Waals surface area contributed by atoms with Crippen LogP contribution in [0.15, 0.2) is 42.5 Å². The van der Waals surface area contributed by atoms with Crippen LogP contribution in [0.25, 0.3) is 0 Å². The molecule has 0 bridgehead atoms. The van der Waals surface area contributed by atoms with Crippen LogP contribution in [0.2, 0.25) is 0 Å². The van der Waals surface area contributed by atoms with Gasteiger partial charge in [-0.1, -0.05) is 30.3 Å². The van der Waals surface area contributed by atoms with Crippen LogP contribution in [0, 0.1) is 13.8 Å². The second kappa shape index (κ2) is 6.34. The van der Waals surface area contributed by atoms with Crippen molar-refractivity contribution >= 4 is 5.78 Å². The maximum atomic E-state index is 12.5. The minimum Gasteiger partial charge on any atom is -0.294 e. The predicted octanol–water partition coefficient (Wildman–Crippen LogP) is 5.14. The third kappa shape index (κ3) is 3.97. The molecule has 0 amide bonds. The maximum Gasteiger partial charge on any atom is 0.416 e. The first-order valence-electron chi connectivity index (χ1n) is 7.04. The van der Waals surface area contributed by atoms with Gasteiger partial charge in [-0.15, -0.1) is 0 Å². The summed E-state index contributed by atoms with van der Waals surface area (Å²) in [4.78, 5) is 12.0. The third-order valence-corrected chi connectivity index (χ3v) is 3.75. The molecule has 0 spiro atoms. The summed E-state index contributed by atoms with van der Waals surface area (Å²) in [6, 6.07) is 10.4. The molecule has 0 radical (unpaired) electrons. The monoisotopic (exact) mass is 306 g/mol. The highest BCUT2D eigenvalue weighted by atomic mass is 19.4. The van der Waals surface area contributed by atoms with Crippen LogP contribution >= 0.6 is 0 Å². The van der Waals surface area contributed by atoms with Crippen molar-refractivity contribution in [2.45, 2.75) is 32.9 Å². The van der Waals surface area contributed by atoms with Gasteiger partial charge in [0.2, 0.25) is 0 Å². The Balaban J connectivity index is 2.01. The molecular formula is C18H17F3O. The van der Waals surface area contributed by atoms with Crippen LogP contribution in [-0.4, -0.2) is 5.78 Å². The largest absolute Gasteiger partial charge is 0.416 e. The lowest BCUT2D eigenvalue weighted by Crippen LogP contribution is -2.06. The first kappa shape index (κ1) is 16.3. The van der Waals surface area contributed by atoms with Gasteiger partial charge in [-0.3, -0.25) is 4.79 Å². The first-order valence-corrected chi connectivity index (χ1v) is 7.04. The second-order valence-electron chi connectivity index (χ2n) is 5.42. The van der Waals surface area contributed by atoms with E-state index in [2.05, 4.69) is 0 Å². The molecule has 116 valence electrons. The topological polar surface area (TPSA) is 17.1 Å². The van der Waals surface area contributed by atoms with Crippen LogP contribution in [0.5, 0.6) is 0 Å². The molecule has 0 aromatic heterocycles. The number of hydrogen-bond donors (Lipinski definition) is 0. The highest BCUT2D eigenvalue weighted by Crippen LogP contribution is 2.29. The summed E-state index contributed by atoms with van der Waals surface area (Å²) in [5, 5.41) is 0. The molecule has 0 saturated carbocycles. The highest BCUT2D eigenvalue weighted by molar-refractivity contribution is 5.96. The number of Topliss-reactive ketones (excluding diaryl/α,β-unsaturated/α-hetero) is 1. The molecule has 0 aliphatic rings. The molecule has 0 aliphatic heterocycles. The van der Waals surface area contributed by atoms with Gasteiger partial charge in [-0.25, -0.2) is 0 Å². The lowest BCUT2D eigenvalue weighted by Gasteiger charge is -2.08. The standard InChI is InChI=1S/C18H17F3O/c1-12-3-4-14(11-13(12)2)5-10-17(22)15-6-8-16(9-7-15)18(19,20)21/h3-4,6-9,11H,5,10H2,1-2H3. The van der Waals surface area contributed by atoms with Gasteiger partial charge in [-0.05, 0) is 49.1 Å². The van der Waals surface area contributed by atoms with E-state index in [1.807, 2.05) is 32.0 Å². The smallest absolute Gasteiger partial charge is 0.294 e. The molecule has 0 N–H and O–H groups in total. The van der Waals surface area contributed by atoms with Crippen molar-refractivity contribution in [3.63, 3.8) is 0 Å². The molecule has 0 aliphatic carbocycles. The molecule has 0 heterocycles. The zero-order valence-electron chi connectivity index (χ0n) is 12.5. The van der Waals surface area contributed by atoms with Crippen molar-refractivity contribution in [1.82, 2.24) is 0 Å². The molecule has 2 aromatic carbocycles. The summed E-state index contributed by atoms with van der Waals surface area (Å²) in [5.41, 5.74) is 3.00. The van der Waals surface area contributed by atoms with Crippen molar-refractivity contribution in [1.29, 1.82) is 0 Å². The quantitative estimate of drug-likeness (QED) is 0.715. The Bertz CT molecular complexity index is 670. The van der Waals surface area contributed by atoms with E-state index in [1.165, 1.54) is 23.3 Å². The van der Waals surface area contributed by atoms with E-state index >= 15 is 0 Å². The van der Waals surface area contributed by atoms with E-state index in [0.717, 1.165) is 17.7 Å². The fourth-order valence-corrected chi connectivity index (χ4v) is 2.21. The van der Waals surface area contributed by atoms with E-state index in [1.54, 1.807) is 0 Å². The number of hydrogen-bond acceptors (Lipinski definition) is 1. The van der Waals surface area contributed by atoms with Gasteiger partial charge in [0.05, 0.1) is 5.56 Å². The molecule has 2 rings (SSSR count). The van der Waals surface area contributed by atoms with Crippen molar-refractivity contribution in [2.75, 3.05) is 0 Å². The molecule has 0 atom stereocenters. The lowest BCUT2D eigenvalue weighted by molar-refractivity contribution is -0.137. The summed E-state index contributed by atoms with van der Waals surface area (Å²) in [5.74, 6) is -0.146. The Kier molecular flexibility index (Phi) is 4.69. The number of rotatable bonds is 4. The molecule has 4 heteroatoms. The number of benzene rings is 2. The number of carbonyl (C=O) groups excluding carboxylic acids is 1. The molecule has 22 heavy (non-hydrogen) atoms. The first-order chi connectivity index (χ1) is 10.3. The Hall–Kier alpha value is -2.10. The fraction of sp³-hybridized carbons (Fsp3) is 0.278. The fourth-order valence-electron chi connectivity index (χ4n) is 2.21. The number of halogens is 3. The van der Waals surface area contributed by atoms with Gasteiger partial charge in [0.15, 0.2) is 5.78 Å². The molecular weight excluding hydrogens is 289 g/mol. The number of ketones is 1. The Labute approximate surface area is 127 Å². The average Bonchev–Trinajstić information content (AvgIpc) is 2.47. The molecule has 1 nitrogen and oxygen atoms in total. The minimum atomic E-state index is -4.37. The average molecular weight is 306 g/mol. The summed E-state index contributed by atoms with van der Waals surface area (Å²) in [7, 11) is 0. The summed E-state index contributed by atoms with van der Waals surface area (Å²) in [6.07, 6.45) is -3.50. The van der Waals surface area contributed by atoms with Crippen LogP contribution in [-0.2, 0) is 12.6 Å². The SMILES string of the molecule is Cc1ccc(CCC(=O)c2ccc(C(F)(F)F)cc2)cc1C. The van der Waals surface area contributed by atoms with E-state index in [-0.39, 0.29) is 12.2 Å². The van der Waals surface area contributed by atoms with Crippen LogP contribution < -0.4 is 0 Å². The van der Waals surface area contributed by atoms with Crippen molar-refractivity contribution in [3.05, 3.63) is 70.3 Å². The third-order valence-electron chi connectivity index (χ3n) is 3.75. The zero-order chi connectivity index (χ0) is 16.3. The summed E-state index contributed by atoms with van der Waals surface area (Å²) in [6.45, 7) is 4.03. The van der Waals surface area contributed by atoms with Crippen LogP contribution in [0.1, 0.15) is 39.0 Å². The normalized spacial score (nSPS) is 11.5. The van der Waals surface area contributed by atoms with Gasteiger partial charge in [-0.2, -0.15) is 13.2 Å². The zero-order valence-corrected chi connectivity index (χ0v) is 12.5. The molecule has 2 aromatic rings. The van der Waals surface area contributed by atoms with Gasteiger partial charge >= 0.3 is 6.18 Å². The Morgan fingerprint density at radius 2 is 1.59 bits per heavy atom. The van der Waals surface area contributed by atoms with Crippen molar-refractivity contribution in [3.8, 4) is 0 Å². The van der Waals surface area contributed by atoms with Crippen LogP contribution in [0.4, 0.5) is 13.2 Å². The summed E-state index contributed by atoms with van der Waals surface area (Å²) >= 11 is 0. The minimum absolute atomic E-state index is 0.146. The van der Waals surface area contributed by atoms with Crippen molar-refractivity contribution in [2.24, 2.45) is 0 Å². The van der Waals surface area contributed by atoms with Gasteiger partial charge < -0.3 is 0 Å². The van der Waals surface area contributed by atoms with E-state index < -0.39 is 11.7 Å². The van der Waals surface area contributed by atoms with Crippen molar-refractivity contribution < 1.29 is 18.0 Å². The van der Waals surface area contributed by atoms with Crippen LogP contribution in [0.3, 0.4) is 0 Å². The number of aryl methyl sites for hydroxylation is 3.